The summed E-state index contributed by atoms with van der Waals surface area (Å²) in [5.41, 5.74) is 6.77. The van der Waals surface area contributed by atoms with Crippen LogP contribution in [0, 0.1) is 0 Å². The number of hydrogen-bond acceptors (Lipinski definition) is 3. The first-order valence-corrected chi connectivity index (χ1v) is 4.76. The fraction of sp³-hybridized carbons (Fsp3) is 0.364. The van der Waals surface area contributed by atoms with Crippen LogP contribution in [-0.4, -0.2) is 17.2 Å². The molecule has 4 nitrogen and oxygen atoms in total. The van der Waals surface area contributed by atoms with Crippen molar-refractivity contribution < 1.29 is 14.6 Å². The van der Waals surface area contributed by atoms with Gasteiger partial charge in [0.25, 0.3) is 0 Å². The summed E-state index contributed by atoms with van der Waals surface area (Å²) < 4.78 is 5.43. The molecular weight excluding hydrogens is 194 g/mol. The van der Waals surface area contributed by atoms with Crippen molar-refractivity contribution in [1.29, 1.82) is 0 Å². The van der Waals surface area contributed by atoms with E-state index in [2.05, 4.69) is 0 Å². The van der Waals surface area contributed by atoms with Crippen molar-refractivity contribution >= 4 is 11.7 Å². The summed E-state index contributed by atoms with van der Waals surface area (Å²) in [5.74, 6) is -0.226. The Hall–Kier alpha value is -1.71. The van der Waals surface area contributed by atoms with Gasteiger partial charge in [-0.3, -0.25) is 4.79 Å². The number of carbonyl (C=O) groups is 1. The molecule has 0 aliphatic heterocycles. The van der Waals surface area contributed by atoms with Crippen molar-refractivity contribution in [3.05, 3.63) is 23.8 Å². The van der Waals surface area contributed by atoms with Gasteiger partial charge in [-0.05, 0) is 25.5 Å². The first-order chi connectivity index (χ1) is 6.99. The fourth-order valence-corrected chi connectivity index (χ4v) is 1.24. The highest BCUT2D eigenvalue weighted by Gasteiger charge is 2.06. The number of aliphatic carboxylic acids is 1. The topological polar surface area (TPSA) is 72.5 Å². The second-order valence-corrected chi connectivity index (χ2v) is 3.60. The zero-order chi connectivity index (χ0) is 11.4. The molecule has 0 saturated carbocycles. The van der Waals surface area contributed by atoms with Crippen molar-refractivity contribution in [2.75, 3.05) is 5.73 Å². The largest absolute Gasteiger partial charge is 0.491 e. The Kier molecular flexibility index (Phi) is 3.55. The van der Waals surface area contributed by atoms with E-state index in [1.807, 2.05) is 13.8 Å². The van der Waals surface area contributed by atoms with Crippen molar-refractivity contribution in [2.24, 2.45) is 0 Å². The molecule has 0 aliphatic rings. The summed E-state index contributed by atoms with van der Waals surface area (Å²) in [6.45, 7) is 3.84. The lowest BCUT2D eigenvalue weighted by atomic mass is 10.1. The molecule has 0 heterocycles. The zero-order valence-corrected chi connectivity index (χ0v) is 8.86. The molecule has 0 radical (unpaired) electrons. The van der Waals surface area contributed by atoms with Gasteiger partial charge in [0.1, 0.15) is 5.75 Å². The number of nitrogen functional groups attached to an aromatic ring is 1. The quantitative estimate of drug-likeness (QED) is 0.740. The molecule has 1 rings (SSSR count). The summed E-state index contributed by atoms with van der Waals surface area (Å²) >= 11 is 0. The van der Waals surface area contributed by atoms with Crippen LogP contribution in [0.3, 0.4) is 0 Å². The van der Waals surface area contributed by atoms with Gasteiger partial charge in [0.05, 0.1) is 12.5 Å². The average molecular weight is 209 g/mol. The van der Waals surface area contributed by atoms with Gasteiger partial charge in [-0.1, -0.05) is 6.07 Å². The smallest absolute Gasteiger partial charge is 0.307 e. The van der Waals surface area contributed by atoms with Crippen LogP contribution in [0.1, 0.15) is 19.4 Å². The van der Waals surface area contributed by atoms with Gasteiger partial charge in [-0.25, -0.2) is 0 Å². The molecule has 0 amide bonds. The van der Waals surface area contributed by atoms with E-state index >= 15 is 0 Å². The molecule has 0 aliphatic carbocycles. The third-order valence-corrected chi connectivity index (χ3v) is 1.83. The second kappa shape index (κ2) is 4.68. The van der Waals surface area contributed by atoms with Crippen LogP contribution < -0.4 is 10.5 Å². The zero-order valence-electron chi connectivity index (χ0n) is 8.86. The average Bonchev–Trinajstić information content (AvgIpc) is 2.08. The summed E-state index contributed by atoms with van der Waals surface area (Å²) in [6.07, 6.45) is 0.0167. The lowest BCUT2D eigenvalue weighted by Crippen LogP contribution is -2.07. The van der Waals surface area contributed by atoms with E-state index in [1.54, 1.807) is 18.2 Å². The van der Waals surface area contributed by atoms with E-state index in [9.17, 15) is 4.79 Å². The number of rotatable bonds is 4. The van der Waals surface area contributed by atoms with Gasteiger partial charge < -0.3 is 15.6 Å². The van der Waals surface area contributed by atoms with Crippen LogP contribution in [0.4, 0.5) is 5.69 Å². The van der Waals surface area contributed by atoms with Crippen LogP contribution in [-0.2, 0) is 11.2 Å². The van der Waals surface area contributed by atoms with E-state index in [0.717, 1.165) is 0 Å². The maximum atomic E-state index is 10.5. The van der Waals surface area contributed by atoms with Crippen LogP contribution in [0.15, 0.2) is 18.2 Å². The predicted molar refractivity (Wildman–Crippen MR) is 58.0 cm³/mol. The van der Waals surface area contributed by atoms with Crippen LogP contribution in [0.25, 0.3) is 0 Å². The Morgan fingerprint density at radius 2 is 2.20 bits per heavy atom. The molecular formula is C11H15NO3. The normalized spacial score (nSPS) is 10.3. The first-order valence-electron chi connectivity index (χ1n) is 4.76. The van der Waals surface area contributed by atoms with E-state index < -0.39 is 5.97 Å². The minimum absolute atomic E-state index is 0.0617. The standard InChI is InChI=1S/C11H15NO3/c1-7(2)15-9-4-3-8(5-11(13)14)10(12)6-9/h3-4,6-7H,5,12H2,1-2H3,(H,13,14). The van der Waals surface area contributed by atoms with Crippen LogP contribution >= 0.6 is 0 Å². The SMILES string of the molecule is CC(C)Oc1ccc(CC(=O)O)c(N)c1. The molecule has 15 heavy (non-hydrogen) atoms. The van der Waals surface area contributed by atoms with Crippen molar-refractivity contribution in [3.63, 3.8) is 0 Å². The molecule has 0 atom stereocenters. The molecule has 4 heteroatoms. The molecule has 0 unspecified atom stereocenters. The number of carboxylic acids is 1. The van der Waals surface area contributed by atoms with Crippen LogP contribution in [0.2, 0.25) is 0 Å². The van der Waals surface area contributed by atoms with E-state index in [-0.39, 0.29) is 12.5 Å². The number of carboxylic acid groups (broad SMARTS) is 1. The Morgan fingerprint density at radius 1 is 1.53 bits per heavy atom. The molecule has 0 spiro atoms. The van der Waals surface area contributed by atoms with Crippen molar-refractivity contribution in [2.45, 2.75) is 26.4 Å². The Morgan fingerprint density at radius 3 is 2.67 bits per heavy atom. The summed E-state index contributed by atoms with van der Waals surface area (Å²) in [6, 6.07) is 5.06. The lowest BCUT2D eigenvalue weighted by molar-refractivity contribution is -0.136. The molecule has 3 N–H and O–H groups in total. The molecule has 82 valence electrons. The summed E-state index contributed by atoms with van der Waals surface area (Å²) in [4.78, 5) is 10.5. The van der Waals surface area contributed by atoms with Gasteiger partial charge in [0.15, 0.2) is 0 Å². The Balaban J connectivity index is 2.83. The minimum Gasteiger partial charge on any atom is -0.491 e. The van der Waals surface area contributed by atoms with Crippen LogP contribution in [0.5, 0.6) is 5.75 Å². The Bertz CT molecular complexity index is 361. The minimum atomic E-state index is -0.890. The molecule has 0 saturated heterocycles. The second-order valence-electron chi connectivity index (χ2n) is 3.60. The van der Waals surface area contributed by atoms with Gasteiger partial charge >= 0.3 is 5.97 Å². The Labute approximate surface area is 88.7 Å². The number of benzene rings is 1. The molecule has 0 bridgehead atoms. The third-order valence-electron chi connectivity index (χ3n) is 1.83. The first kappa shape index (κ1) is 11.4. The number of anilines is 1. The third kappa shape index (κ3) is 3.50. The fourth-order valence-electron chi connectivity index (χ4n) is 1.24. The van der Waals surface area contributed by atoms with Gasteiger partial charge in [0, 0.05) is 11.8 Å². The highest BCUT2D eigenvalue weighted by molar-refractivity contribution is 5.73. The lowest BCUT2D eigenvalue weighted by Gasteiger charge is -2.11. The van der Waals surface area contributed by atoms with Gasteiger partial charge in [-0.15, -0.1) is 0 Å². The van der Waals surface area contributed by atoms with E-state index in [0.29, 0.717) is 17.0 Å². The van der Waals surface area contributed by atoms with E-state index in [4.69, 9.17) is 15.6 Å². The highest BCUT2D eigenvalue weighted by Crippen LogP contribution is 2.21. The molecule has 1 aromatic rings. The van der Waals surface area contributed by atoms with E-state index in [1.165, 1.54) is 0 Å². The highest BCUT2D eigenvalue weighted by atomic mass is 16.5. The number of nitrogens with two attached hydrogens (primary N) is 1. The summed E-state index contributed by atoms with van der Waals surface area (Å²) in [5, 5.41) is 8.62. The summed E-state index contributed by atoms with van der Waals surface area (Å²) in [7, 11) is 0. The van der Waals surface area contributed by atoms with Crippen molar-refractivity contribution in [1.82, 2.24) is 0 Å². The molecule has 0 aromatic heterocycles. The molecule has 0 fully saturated rings. The molecule has 1 aromatic carbocycles. The number of ether oxygens (including phenoxy) is 1. The van der Waals surface area contributed by atoms with Gasteiger partial charge in [-0.2, -0.15) is 0 Å². The van der Waals surface area contributed by atoms with Gasteiger partial charge in [0.2, 0.25) is 0 Å². The maximum Gasteiger partial charge on any atom is 0.307 e. The number of hydrogen-bond donors (Lipinski definition) is 2. The maximum absolute atomic E-state index is 10.5. The monoisotopic (exact) mass is 209 g/mol. The van der Waals surface area contributed by atoms with Crippen molar-refractivity contribution in [3.8, 4) is 5.75 Å². The predicted octanol–water partition coefficient (Wildman–Crippen LogP) is 1.68.